The van der Waals surface area contributed by atoms with Crippen LogP contribution in [-0.4, -0.2) is 67.5 Å². The molecule has 6 nitrogen and oxygen atoms in total. The van der Waals surface area contributed by atoms with E-state index in [1.54, 1.807) is 14.1 Å². The van der Waals surface area contributed by atoms with Crippen molar-refractivity contribution in [1.82, 2.24) is 9.80 Å². The predicted molar refractivity (Wildman–Crippen MR) is 72.2 cm³/mol. The van der Waals surface area contributed by atoms with Crippen LogP contribution in [0.5, 0.6) is 0 Å². The maximum absolute atomic E-state index is 11.4. The minimum Gasteiger partial charge on any atom is -0.365 e. The van der Waals surface area contributed by atoms with E-state index < -0.39 is 6.09 Å². The van der Waals surface area contributed by atoms with Gasteiger partial charge in [0.2, 0.25) is 0 Å². The second-order valence-corrected chi connectivity index (χ2v) is 5.76. The molecule has 1 amide bonds. The van der Waals surface area contributed by atoms with Crippen molar-refractivity contribution in [3.8, 4) is 0 Å². The van der Waals surface area contributed by atoms with Gasteiger partial charge in [-0.25, -0.2) is 4.79 Å². The fourth-order valence-electron chi connectivity index (χ4n) is 2.56. The number of hydrogen-bond acceptors (Lipinski definition) is 5. The van der Waals surface area contributed by atoms with Gasteiger partial charge in [0.25, 0.3) is 0 Å². The van der Waals surface area contributed by atoms with Crippen molar-refractivity contribution in [3.05, 3.63) is 0 Å². The van der Waals surface area contributed by atoms with Gasteiger partial charge in [0.1, 0.15) is 0 Å². The summed E-state index contributed by atoms with van der Waals surface area (Å²) in [6.45, 7) is 4.05. The summed E-state index contributed by atoms with van der Waals surface area (Å²) in [6, 6.07) is 0. The van der Waals surface area contributed by atoms with Crippen molar-refractivity contribution in [2.45, 2.75) is 37.9 Å². The first kappa shape index (κ1) is 14.3. The predicted octanol–water partition coefficient (Wildman–Crippen LogP) is 1.31. The lowest BCUT2D eigenvalue weighted by Crippen LogP contribution is -2.42. The molecule has 2 saturated heterocycles. The van der Waals surface area contributed by atoms with Crippen LogP contribution in [0.15, 0.2) is 5.16 Å². The van der Waals surface area contributed by atoms with Crippen LogP contribution in [0.2, 0.25) is 0 Å². The van der Waals surface area contributed by atoms with Gasteiger partial charge in [0.15, 0.2) is 0 Å². The highest BCUT2D eigenvalue weighted by molar-refractivity contribution is 5.91. The van der Waals surface area contributed by atoms with Gasteiger partial charge in [-0.1, -0.05) is 5.16 Å². The smallest absolute Gasteiger partial charge is 0.365 e. The van der Waals surface area contributed by atoms with Gasteiger partial charge in [0, 0.05) is 33.6 Å². The zero-order chi connectivity index (χ0) is 14.0. The number of nitrogens with zero attached hydrogens (tertiary/aromatic N) is 3. The molecule has 6 heteroatoms. The highest BCUT2D eigenvalue weighted by atomic mass is 16.7. The molecule has 2 aliphatic heterocycles. The number of amides is 1. The fraction of sp³-hybridized carbons (Fsp3) is 0.846. The Morgan fingerprint density at radius 1 is 1.47 bits per heavy atom. The molecule has 0 N–H and O–H groups in total. The van der Waals surface area contributed by atoms with Crippen LogP contribution >= 0.6 is 0 Å². The third kappa shape index (κ3) is 3.25. The topological polar surface area (TPSA) is 54.4 Å². The van der Waals surface area contributed by atoms with E-state index in [0.717, 1.165) is 38.1 Å². The molecule has 0 aromatic carbocycles. The molecule has 2 rings (SSSR count). The Kier molecular flexibility index (Phi) is 4.10. The molecule has 0 aliphatic carbocycles. The van der Waals surface area contributed by atoms with Crippen LogP contribution in [-0.2, 0) is 9.57 Å². The average Bonchev–Trinajstić information content (AvgIpc) is 2.67. The van der Waals surface area contributed by atoms with Crippen LogP contribution in [0, 0.1) is 0 Å². The molecule has 2 aliphatic rings. The van der Waals surface area contributed by atoms with Crippen molar-refractivity contribution in [3.63, 3.8) is 0 Å². The van der Waals surface area contributed by atoms with Crippen LogP contribution in [0.1, 0.15) is 26.2 Å². The lowest BCUT2D eigenvalue weighted by atomic mass is 9.88. The first-order valence-electron chi connectivity index (χ1n) is 6.73. The normalized spacial score (nSPS) is 28.8. The second kappa shape index (κ2) is 5.46. The van der Waals surface area contributed by atoms with E-state index in [1.165, 1.54) is 4.90 Å². The van der Waals surface area contributed by atoms with Crippen molar-refractivity contribution in [2.24, 2.45) is 5.16 Å². The largest absolute Gasteiger partial charge is 0.435 e. The number of piperidine rings is 1. The number of carbonyl (C=O) groups excluding carboxylic acids is 1. The molecular formula is C13H23N3O3. The van der Waals surface area contributed by atoms with Crippen molar-refractivity contribution >= 4 is 11.8 Å². The molecule has 108 valence electrons. The Morgan fingerprint density at radius 3 is 2.68 bits per heavy atom. The Balaban J connectivity index is 1.97. The van der Waals surface area contributed by atoms with E-state index in [9.17, 15) is 4.79 Å². The summed E-state index contributed by atoms with van der Waals surface area (Å²) >= 11 is 0. The molecule has 0 radical (unpaired) electrons. The quantitative estimate of drug-likeness (QED) is 0.532. The van der Waals surface area contributed by atoms with E-state index in [0.29, 0.717) is 0 Å². The third-order valence-corrected chi connectivity index (χ3v) is 3.90. The minimum absolute atomic E-state index is 0.0710. The highest BCUT2D eigenvalue weighted by Crippen LogP contribution is 2.37. The van der Waals surface area contributed by atoms with Crippen molar-refractivity contribution in [2.75, 3.05) is 34.2 Å². The van der Waals surface area contributed by atoms with Gasteiger partial charge in [0.05, 0.1) is 17.4 Å². The maximum Gasteiger partial charge on any atom is 0.435 e. The van der Waals surface area contributed by atoms with Crippen LogP contribution < -0.4 is 0 Å². The van der Waals surface area contributed by atoms with E-state index in [1.807, 2.05) is 6.92 Å². The van der Waals surface area contributed by atoms with Gasteiger partial charge in [-0.2, -0.15) is 0 Å². The number of rotatable bonds is 1. The van der Waals surface area contributed by atoms with Crippen LogP contribution in [0.25, 0.3) is 0 Å². The fourth-order valence-corrected chi connectivity index (χ4v) is 2.56. The number of hydrogen-bond donors (Lipinski definition) is 0. The molecule has 0 aromatic heterocycles. The molecule has 0 aromatic rings. The molecule has 2 fully saturated rings. The summed E-state index contributed by atoms with van der Waals surface area (Å²) in [5, 5.41) is 3.98. The van der Waals surface area contributed by atoms with E-state index >= 15 is 0 Å². The third-order valence-electron chi connectivity index (χ3n) is 3.90. The molecule has 1 unspecified atom stereocenters. The maximum atomic E-state index is 11.4. The Morgan fingerprint density at radius 2 is 2.11 bits per heavy atom. The second-order valence-electron chi connectivity index (χ2n) is 5.76. The highest BCUT2D eigenvalue weighted by Gasteiger charge is 2.44. The van der Waals surface area contributed by atoms with Gasteiger partial charge < -0.3 is 14.5 Å². The standard InChI is InChI=1S/C13H23N3O3/c1-10-11(14-19-12(17)15(2)3)9-13(18-10)5-7-16(4)8-6-13/h10H,5-9H2,1-4H3. The molecule has 0 saturated carbocycles. The SMILES string of the molecule is CC1OC2(CCN(C)CC2)CC1=NOC(=O)N(C)C. The van der Waals surface area contributed by atoms with Crippen molar-refractivity contribution < 1.29 is 14.4 Å². The number of oxime groups is 1. The zero-order valence-electron chi connectivity index (χ0n) is 12.2. The minimum atomic E-state index is -0.455. The average molecular weight is 269 g/mol. The summed E-state index contributed by atoms with van der Waals surface area (Å²) in [7, 11) is 5.39. The van der Waals surface area contributed by atoms with Crippen molar-refractivity contribution in [1.29, 1.82) is 0 Å². The van der Waals surface area contributed by atoms with Gasteiger partial charge in [-0.05, 0) is 26.8 Å². The molecule has 19 heavy (non-hydrogen) atoms. The number of likely N-dealkylation sites (tertiary alicyclic amines) is 1. The van der Waals surface area contributed by atoms with Gasteiger partial charge >= 0.3 is 6.09 Å². The Bertz CT molecular complexity index is 373. The summed E-state index contributed by atoms with van der Waals surface area (Å²) in [4.78, 5) is 19.9. The lowest BCUT2D eigenvalue weighted by Gasteiger charge is -2.36. The first-order chi connectivity index (χ1) is 8.92. The molecule has 2 heterocycles. The van der Waals surface area contributed by atoms with Crippen LogP contribution in [0.4, 0.5) is 4.79 Å². The summed E-state index contributed by atoms with van der Waals surface area (Å²) in [6.07, 6.45) is 2.26. The molecule has 1 spiro atoms. The summed E-state index contributed by atoms with van der Waals surface area (Å²) in [5.74, 6) is 0. The number of carbonyl (C=O) groups is 1. The molecular weight excluding hydrogens is 246 g/mol. The zero-order valence-corrected chi connectivity index (χ0v) is 12.2. The monoisotopic (exact) mass is 269 g/mol. The number of ether oxygens (including phenoxy) is 1. The Hall–Kier alpha value is -1.14. The van der Waals surface area contributed by atoms with Gasteiger partial charge in [-0.15, -0.1) is 0 Å². The van der Waals surface area contributed by atoms with E-state index in [2.05, 4.69) is 17.1 Å². The molecule has 0 bridgehead atoms. The van der Waals surface area contributed by atoms with Gasteiger partial charge in [-0.3, -0.25) is 4.84 Å². The van der Waals surface area contributed by atoms with Crippen LogP contribution in [0.3, 0.4) is 0 Å². The summed E-state index contributed by atoms with van der Waals surface area (Å²) in [5.41, 5.74) is 0.731. The van der Waals surface area contributed by atoms with E-state index in [4.69, 9.17) is 9.57 Å². The van der Waals surface area contributed by atoms with E-state index in [-0.39, 0.29) is 11.7 Å². The Labute approximate surface area is 114 Å². The lowest BCUT2D eigenvalue weighted by molar-refractivity contribution is -0.0657. The molecule has 1 atom stereocenters. The first-order valence-corrected chi connectivity index (χ1v) is 6.73. The summed E-state index contributed by atoms with van der Waals surface area (Å²) < 4.78 is 6.08.